The third-order valence-corrected chi connectivity index (χ3v) is 6.35. The van der Waals surface area contributed by atoms with Crippen molar-refractivity contribution < 1.29 is 4.74 Å². The molecule has 2 saturated heterocycles. The molecular formula is C24H34N4O. The van der Waals surface area contributed by atoms with Crippen molar-refractivity contribution in [3.8, 4) is 0 Å². The Bertz CT molecular complexity index is 740. The first-order valence-electron chi connectivity index (χ1n) is 11.1. The second-order valence-electron chi connectivity index (χ2n) is 8.64. The molecule has 1 unspecified atom stereocenters. The minimum absolute atomic E-state index is 0.375. The van der Waals surface area contributed by atoms with E-state index in [1.165, 1.54) is 49.9 Å². The molecule has 5 nitrogen and oxygen atoms in total. The highest BCUT2D eigenvalue weighted by Crippen LogP contribution is 2.23. The Labute approximate surface area is 175 Å². The molecule has 5 heteroatoms. The molecule has 0 radical (unpaired) electrons. The molecule has 0 saturated carbocycles. The zero-order valence-corrected chi connectivity index (χ0v) is 17.7. The van der Waals surface area contributed by atoms with Crippen LogP contribution in [0.25, 0.3) is 0 Å². The van der Waals surface area contributed by atoms with E-state index >= 15 is 0 Å². The molecule has 0 bridgehead atoms. The lowest BCUT2D eigenvalue weighted by Crippen LogP contribution is -2.40. The van der Waals surface area contributed by atoms with Gasteiger partial charge >= 0.3 is 0 Å². The molecule has 0 N–H and O–H groups in total. The van der Waals surface area contributed by atoms with E-state index in [0.717, 1.165) is 44.5 Å². The molecule has 0 aliphatic carbocycles. The first-order valence-corrected chi connectivity index (χ1v) is 11.1. The van der Waals surface area contributed by atoms with Crippen molar-refractivity contribution in [3.63, 3.8) is 0 Å². The first kappa shape index (κ1) is 20.5. The zero-order chi connectivity index (χ0) is 19.9. The fourth-order valence-corrected chi connectivity index (χ4v) is 4.61. The molecule has 1 aromatic heterocycles. The number of likely N-dealkylation sites (tertiary alicyclic amines) is 1. The van der Waals surface area contributed by atoms with Crippen molar-refractivity contribution in [2.24, 2.45) is 5.92 Å². The van der Waals surface area contributed by atoms with E-state index in [4.69, 9.17) is 4.74 Å². The molecule has 2 aliphatic heterocycles. The van der Waals surface area contributed by atoms with Crippen LogP contribution in [0.1, 0.15) is 42.6 Å². The minimum atomic E-state index is 0.375. The highest BCUT2D eigenvalue weighted by Gasteiger charge is 2.25. The number of hydrogen-bond acceptors (Lipinski definition) is 5. The smallest absolute Gasteiger partial charge is 0.142 e. The van der Waals surface area contributed by atoms with Crippen molar-refractivity contribution in [2.45, 2.75) is 51.8 Å². The summed E-state index contributed by atoms with van der Waals surface area (Å²) >= 11 is 0. The number of aryl methyl sites for hydroxylation is 1. The van der Waals surface area contributed by atoms with Gasteiger partial charge in [0, 0.05) is 38.6 Å². The molecule has 0 amide bonds. The average Bonchev–Trinajstić information content (AvgIpc) is 3.25. The van der Waals surface area contributed by atoms with Crippen molar-refractivity contribution in [3.05, 3.63) is 59.7 Å². The molecule has 2 fully saturated rings. The van der Waals surface area contributed by atoms with Gasteiger partial charge in [0.1, 0.15) is 5.82 Å². The topological polar surface area (TPSA) is 41.5 Å². The number of rotatable bonds is 8. The second kappa shape index (κ2) is 10.3. The Balaban J connectivity index is 1.30. The monoisotopic (exact) mass is 394 g/mol. The van der Waals surface area contributed by atoms with Gasteiger partial charge in [0.25, 0.3) is 0 Å². The van der Waals surface area contributed by atoms with Crippen LogP contribution < -0.4 is 0 Å². The van der Waals surface area contributed by atoms with Crippen molar-refractivity contribution in [1.82, 2.24) is 19.8 Å². The van der Waals surface area contributed by atoms with Gasteiger partial charge in [-0.2, -0.15) is 0 Å². The van der Waals surface area contributed by atoms with Gasteiger partial charge in [0.15, 0.2) is 0 Å². The second-order valence-corrected chi connectivity index (χ2v) is 8.64. The van der Waals surface area contributed by atoms with Crippen LogP contribution in [-0.2, 0) is 17.8 Å². The lowest BCUT2D eigenvalue weighted by atomic mass is 9.95. The lowest BCUT2D eigenvalue weighted by Gasteiger charge is -2.35. The molecule has 3 heterocycles. The maximum atomic E-state index is 5.91. The van der Waals surface area contributed by atoms with Crippen LogP contribution in [0, 0.1) is 12.8 Å². The van der Waals surface area contributed by atoms with Gasteiger partial charge in [-0.3, -0.25) is 9.80 Å². The van der Waals surface area contributed by atoms with Gasteiger partial charge in [0.05, 0.1) is 12.6 Å². The number of hydrogen-bond donors (Lipinski definition) is 0. The molecule has 156 valence electrons. The summed E-state index contributed by atoms with van der Waals surface area (Å²) < 4.78 is 5.91. The standard InChI is InChI=1S/C24H34N4O/c1-20-6-2-3-7-22(20)17-27-13-9-21(10-14-27)16-28(18-23-8-4-15-29-23)19-24-25-11-5-12-26-24/h2-3,5-7,11-12,21,23H,4,8-10,13-19H2,1H3. The minimum Gasteiger partial charge on any atom is -0.377 e. The van der Waals surface area contributed by atoms with E-state index < -0.39 is 0 Å². The van der Waals surface area contributed by atoms with Gasteiger partial charge in [-0.25, -0.2) is 9.97 Å². The molecular weight excluding hydrogens is 360 g/mol. The van der Waals surface area contributed by atoms with Crippen LogP contribution >= 0.6 is 0 Å². The summed E-state index contributed by atoms with van der Waals surface area (Å²) in [6, 6.07) is 10.7. The number of benzene rings is 1. The van der Waals surface area contributed by atoms with Crippen LogP contribution in [0.2, 0.25) is 0 Å². The van der Waals surface area contributed by atoms with Gasteiger partial charge in [-0.15, -0.1) is 0 Å². The summed E-state index contributed by atoms with van der Waals surface area (Å²) in [7, 11) is 0. The predicted molar refractivity (Wildman–Crippen MR) is 115 cm³/mol. The van der Waals surface area contributed by atoms with E-state index in [-0.39, 0.29) is 0 Å². The Morgan fingerprint density at radius 2 is 1.83 bits per heavy atom. The quantitative estimate of drug-likeness (QED) is 0.683. The number of aromatic nitrogens is 2. The number of nitrogens with zero attached hydrogens (tertiary/aromatic N) is 4. The SMILES string of the molecule is Cc1ccccc1CN1CCC(CN(Cc2ncccn2)CC2CCCO2)CC1. The lowest BCUT2D eigenvalue weighted by molar-refractivity contribution is 0.0560. The van der Waals surface area contributed by atoms with E-state index in [1.807, 2.05) is 18.5 Å². The third kappa shape index (κ3) is 6.08. The average molecular weight is 395 g/mol. The zero-order valence-electron chi connectivity index (χ0n) is 17.7. The number of piperidine rings is 1. The fourth-order valence-electron chi connectivity index (χ4n) is 4.61. The van der Waals surface area contributed by atoms with Gasteiger partial charge in [-0.1, -0.05) is 24.3 Å². The van der Waals surface area contributed by atoms with Crippen molar-refractivity contribution >= 4 is 0 Å². The van der Waals surface area contributed by atoms with Crippen molar-refractivity contribution in [2.75, 3.05) is 32.8 Å². The highest BCUT2D eigenvalue weighted by atomic mass is 16.5. The largest absolute Gasteiger partial charge is 0.377 e. The van der Waals surface area contributed by atoms with E-state index in [0.29, 0.717) is 6.10 Å². The molecule has 0 spiro atoms. The van der Waals surface area contributed by atoms with E-state index in [1.54, 1.807) is 0 Å². The Morgan fingerprint density at radius 3 is 2.55 bits per heavy atom. The van der Waals surface area contributed by atoms with Crippen LogP contribution in [0.3, 0.4) is 0 Å². The van der Waals surface area contributed by atoms with Crippen LogP contribution in [0.15, 0.2) is 42.7 Å². The maximum absolute atomic E-state index is 5.91. The Hall–Kier alpha value is -1.82. The third-order valence-electron chi connectivity index (χ3n) is 6.35. The summed E-state index contributed by atoms with van der Waals surface area (Å²) in [5.74, 6) is 1.66. The summed E-state index contributed by atoms with van der Waals surface area (Å²) in [5, 5.41) is 0. The Morgan fingerprint density at radius 1 is 1.03 bits per heavy atom. The van der Waals surface area contributed by atoms with E-state index in [2.05, 4.69) is 51.0 Å². The maximum Gasteiger partial charge on any atom is 0.142 e. The summed E-state index contributed by atoms with van der Waals surface area (Å²) in [4.78, 5) is 14.1. The summed E-state index contributed by atoms with van der Waals surface area (Å²) in [6.45, 7) is 9.54. The van der Waals surface area contributed by atoms with E-state index in [9.17, 15) is 0 Å². The van der Waals surface area contributed by atoms with Crippen LogP contribution in [0.5, 0.6) is 0 Å². The molecule has 2 aromatic rings. The molecule has 1 atom stereocenters. The fraction of sp³-hybridized carbons (Fsp3) is 0.583. The normalized spacial score (nSPS) is 21.1. The molecule has 1 aromatic carbocycles. The van der Waals surface area contributed by atoms with Gasteiger partial charge in [-0.05, 0) is 68.8 Å². The van der Waals surface area contributed by atoms with Gasteiger partial charge in [0.2, 0.25) is 0 Å². The Kier molecular flexibility index (Phi) is 7.25. The van der Waals surface area contributed by atoms with Crippen LogP contribution in [-0.4, -0.2) is 58.7 Å². The summed E-state index contributed by atoms with van der Waals surface area (Å²) in [5.41, 5.74) is 2.87. The van der Waals surface area contributed by atoms with Gasteiger partial charge < -0.3 is 4.74 Å². The van der Waals surface area contributed by atoms with Crippen LogP contribution in [0.4, 0.5) is 0 Å². The predicted octanol–water partition coefficient (Wildman–Crippen LogP) is 3.68. The molecule has 2 aliphatic rings. The highest BCUT2D eigenvalue weighted by molar-refractivity contribution is 5.25. The summed E-state index contributed by atoms with van der Waals surface area (Å²) in [6.07, 6.45) is 8.97. The molecule has 4 rings (SSSR count). The first-order chi connectivity index (χ1) is 14.3. The van der Waals surface area contributed by atoms with Crippen molar-refractivity contribution in [1.29, 1.82) is 0 Å². The molecule has 29 heavy (non-hydrogen) atoms. The number of ether oxygens (including phenoxy) is 1.